The summed E-state index contributed by atoms with van der Waals surface area (Å²) < 4.78 is 41.8. The summed E-state index contributed by atoms with van der Waals surface area (Å²) in [4.78, 5) is 13.2. The Bertz CT molecular complexity index is 619. The van der Waals surface area contributed by atoms with Gasteiger partial charge in [0.25, 0.3) is 0 Å². The van der Waals surface area contributed by atoms with Crippen molar-refractivity contribution < 1.29 is 22.4 Å². The molecule has 0 fully saturated rings. The molecule has 0 aliphatic rings. The summed E-state index contributed by atoms with van der Waals surface area (Å²) in [5, 5.41) is 2.79. The minimum Gasteiger partial charge on any atom is -0.459 e. The zero-order chi connectivity index (χ0) is 16.3. The topological polar surface area (TPSA) is 45.5 Å². The van der Waals surface area contributed by atoms with Gasteiger partial charge in [-0.15, -0.1) is 0 Å². The third-order valence-electron chi connectivity index (χ3n) is 3.40. The number of hydrogen-bond donors (Lipinski definition) is 1. The van der Waals surface area contributed by atoms with E-state index in [1.54, 1.807) is 11.9 Å². The van der Waals surface area contributed by atoms with Gasteiger partial charge in [0.15, 0.2) is 0 Å². The molecular formula is C15H17F3N2O2. The number of amides is 1. The Hall–Kier alpha value is -2.02. The van der Waals surface area contributed by atoms with Crippen LogP contribution in [0.2, 0.25) is 0 Å². The second-order valence-electron chi connectivity index (χ2n) is 5.17. The number of nitrogens with zero attached hydrogens (tertiary/aromatic N) is 1. The number of para-hydroxylation sites is 1. The number of nitrogens with one attached hydrogen (secondary N) is 1. The highest BCUT2D eigenvalue weighted by Gasteiger charge is 2.28. The lowest BCUT2D eigenvalue weighted by Crippen LogP contribution is -2.40. The van der Waals surface area contributed by atoms with Crippen molar-refractivity contribution in [2.75, 3.05) is 20.1 Å². The van der Waals surface area contributed by atoms with Gasteiger partial charge >= 0.3 is 6.18 Å². The van der Waals surface area contributed by atoms with Crippen LogP contribution in [0.1, 0.15) is 18.7 Å². The zero-order valence-electron chi connectivity index (χ0n) is 12.3. The Morgan fingerprint density at radius 3 is 2.68 bits per heavy atom. The van der Waals surface area contributed by atoms with Crippen LogP contribution in [0.5, 0.6) is 0 Å². The van der Waals surface area contributed by atoms with Crippen LogP contribution >= 0.6 is 0 Å². The van der Waals surface area contributed by atoms with Gasteiger partial charge in [0, 0.05) is 5.39 Å². The average molecular weight is 314 g/mol. The maximum atomic E-state index is 12.1. The largest absolute Gasteiger partial charge is 0.459 e. The van der Waals surface area contributed by atoms with Crippen LogP contribution in [0.25, 0.3) is 11.0 Å². The molecule has 0 aliphatic carbocycles. The number of alkyl halides is 3. The van der Waals surface area contributed by atoms with Gasteiger partial charge in [-0.1, -0.05) is 18.2 Å². The molecule has 0 saturated carbocycles. The molecule has 2 rings (SSSR count). The molecule has 1 amide bonds. The van der Waals surface area contributed by atoms with Crippen LogP contribution in [0.3, 0.4) is 0 Å². The predicted molar refractivity (Wildman–Crippen MR) is 76.3 cm³/mol. The molecule has 1 aromatic heterocycles. The minimum absolute atomic E-state index is 0.145. The standard InChI is InChI=1S/C15H17F3N2O2/c1-10(13-7-11-5-3-4-6-12(11)22-13)20(2)8-14(21)19-9-15(16,17)18/h3-7,10H,8-9H2,1-2H3,(H,19,21)/t10-/m0/s1. The molecule has 1 N–H and O–H groups in total. The van der Waals surface area contributed by atoms with Crippen LogP contribution < -0.4 is 5.32 Å². The molecule has 0 bridgehead atoms. The van der Waals surface area contributed by atoms with E-state index in [-0.39, 0.29) is 12.6 Å². The first-order valence-electron chi connectivity index (χ1n) is 6.78. The highest BCUT2D eigenvalue weighted by Crippen LogP contribution is 2.26. The lowest BCUT2D eigenvalue weighted by Gasteiger charge is -2.22. The second-order valence-corrected chi connectivity index (χ2v) is 5.17. The summed E-state index contributed by atoms with van der Waals surface area (Å²) in [6.45, 7) is 0.363. The highest BCUT2D eigenvalue weighted by molar-refractivity contribution is 5.79. The van der Waals surface area contributed by atoms with Crippen molar-refractivity contribution in [3.8, 4) is 0 Å². The Kier molecular flexibility index (Phi) is 4.75. The molecule has 4 nitrogen and oxygen atoms in total. The molecule has 22 heavy (non-hydrogen) atoms. The number of carbonyl (C=O) groups is 1. The lowest BCUT2D eigenvalue weighted by molar-refractivity contribution is -0.139. The first kappa shape index (κ1) is 16.4. The number of furan rings is 1. The van der Waals surface area contributed by atoms with E-state index in [9.17, 15) is 18.0 Å². The van der Waals surface area contributed by atoms with E-state index < -0.39 is 18.6 Å². The molecule has 0 unspecified atom stereocenters. The Labute approximate surface area is 125 Å². The number of rotatable bonds is 5. The Balaban J connectivity index is 1.96. The maximum Gasteiger partial charge on any atom is 0.405 e. The number of benzene rings is 1. The van der Waals surface area contributed by atoms with Crippen molar-refractivity contribution in [1.82, 2.24) is 10.2 Å². The average Bonchev–Trinajstić information content (AvgIpc) is 2.87. The van der Waals surface area contributed by atoms with Crippen LogP contribution in [0, 0.1) is 0 Å². The summed E-state index contributed by atoms with van der Waals surface area (Å²) in [5.74, 6) is -0.0184. The third kappa shape index (κ3) is 4.24. The minimum atomic E-state index is -4.40. The molecule has 0 aliphatic heterocycles. The van der Waals surface area contributed by atoms with Crippen molar-refractivity contribution in [2.24, 2.45) is 0 Å². The number of fused-ring (bicyclic) bond motifs is 1. The molecule has 0 radical (unpaired) electrons. The lowest BCUT2D eigenvalue weighted by atomic mass is 10.2. The van der Waals surface area contributed by atoms with Gasteiger partial charge in [0.1, 0.15) is 17.9 Å². The van der Waals surface area contributed by atoms with Gasteiger partial charge < -0.3 is 9.73 Å². The van der Waals surface area contributed by atoms with Crippen LogP contribution in [-0.2, 0) is 4.79 Å². The van der Waals surface area contributed by atoms with E-state index in [2.05, 4.69) is 0 Å². The smallest absolute Gasteiger partial charge is 0.405 e. The van der Waals surface area contributed by atoms with E-state index >= 15 is 0 Å². The van der Waals surface area contributed by atoms with Gasteiger partial charge in [-0.2, -0.15) is 13.2 Å². The summed E-state index contributed by atoms with van der Waals surface area (Å²) in [7, 11) is 1.66. The summed E-state index contributed by atoms with van der Waals surface area (Å²) in [6, 6.07) is 9.12. The molecule has 0 saturated heterocycles. The van der Waals surface area contributed by atoms with Crippen molar-refractivity contribution in [3.05, 3.63) is 36.1 Å². The maximum absolute atomic E-state index is 12.1. The summed E-state index contributed by atoms with van der Waals surface area (Å²) >= 11 is 0. The van der Waals surface area contributed by atoms with Gasteiger partial charge in [-0.25, -0.2) is 0 Å². The highest BCUT2D eigenvalue weighted by atomic mass is 19.4. The van der Waals surface area contributed by atoms with Crippen molar-refractivity contribution in [3.63, 3.8) is 0 Å². The van der Waals surface area contributed by atoms with Gasteiger partial charge in [-0.05, 0) is 26.1 Å². The Morgan fingerprint density at radius 1 is 1.36 bits per heavy atom. The molecular weight excluding hydrogens is 297 g/mol. The fraction of sp³-hybridized carbons (Fsp3) is 0.400. The van der Waals surface area contributed by atoms with Crippen LogP contribution in [-0.4, -0.2) is 37.1 Å². The molecule has 2 aromatic rings. The van der Waals surface area contributed by atoms with Crippen molar-refractivity contribution in [1.29, 1.82) is 0 Å². The van der Waals surface area contributed by atoms with E-state index in [0.29, 0.717) is 5.76 Å². The summed E-state index contributed by atoms with van der Waals surface area (Å²) in [5.41, 5.74) is 0.735. The van der Waals surface area contributed by atoms with E-state index in [4.69, 9.17) is 4.42 Å². The van der Waals surface area contributed by atoms with Crippen molar-refractivity contribution in [2.45, 2.75) is 19.1 Å². The number of likely N-dealkylation sites (N-methyl/N-ethyl adjacent to an activating group) is 1. The molecule has 120 valence electrons. The van der Waals surface area contributed by atoms with Crippen LogP contribution in [0.4, 0.5) is 13.2 Å². The van der Waals surface area contributed by atoms with Gasteiger partial charge in [0.2, 0.25) is 5.91 Å². The zero-order valence-corrected chi connectivity index (χ0v) is 12.3. The van der Waals surface area contributed by atoms with E-state index in [1.165, 1.54) is 0 Å². The number of carbonyl (C=O) groups excluding carboxylic acids is 1. The van der Waals surface area contributed by atoms with Crippen molar-refractivity contribution >= 4 is 16.9 Å². The second kappa shape index (κ2) is 6.39. The monoisotopic (exact) mass is 314 g/mol. The summed E-state index contributed by atoms with van der Waals surface area (Å²) in [6.07, 6.45) is -4.40. The molecule has 7 heteroatoms. The fourth-order valence-electron chi connectivity index (χ4n) is 2.04. The number of hydrogen-bond acceptors (Lipinski definition) is 3. The SMILES string of the molecule is C[C@@H](c1cc2ccccc2o1)N(C)CC(=O)NCC(F)(F)F. The molecule has 1 heterocycles. The van der Waals surface area contributed by atoms with E-state index in [0.717, 1.165) is 11.0 Å². The molecule has 1 atom stereocenters. The third-order valence-corrected chi connectivity index (χ3v) is 3.40. The normalized spacial score (nSPS) is 13.5. The Morgan fingerprint density at radius 2 is 2.05 bits per heavy atom. The fourth-order valence-corrected chi connectivity index (χ4v) is 2.04. The van der Waals surface area contributed by atoms with Gasteiger partial charge in [0.05, 0.1) is 12.6 Å². The predicted octanol–water partition coefficient (Wildman–Crippen LogP) is 3.10. The quantitative estimate of drug-likeness (QED) is 0.922. The first-order valence-corrected chi connectivity index (χ1v) is 6.78. The van der Waals surface area contributed by atoms with E-state index in [1.807, 2.05) is 42.6 Å². The first-order chi connectivity index (χ1) is 10.3. The number of halogens is 3. The molecule has 1 aromatic carbocycles. The van der Waals surface area contributed by atoms with Gasteiger partial charge in [-0.3, -0.25) is 9.69 Å². The van der Waals surface area contributed by atoms with Crippen LogP contribution in [0.15, 0.2) is 34.7 Å². The molecule has 0 spiro atoms.